The molecule has 3 aromatic carbocycles. The topological polar surface area (TPSA) is 85.4 Å². The van der Waals surface area contributed by atoms with Gasteiger partial charge < -0.3 is 20.1 Å². The lowest BCUT2D eigenvalue weighted by atomic mass is 10.1. The number of benzene rings is 3. The molecule has 1 amide bonds. The number of hydrogen-bond acceptors (Lipinski definition) is 6. The fourth-order valence-corrected chi connectivity index (χ4v) is 3.15. The van der Waals surface area contributed by atoms with Gasteiger partial charge in [-0.05, 0) is 60.7 Å². The van der Waals surface area contributed by atoms with Crippen molar-refractivity contribution in [1.82, 2.24) is 9.97 Å². The van der Waals surface area contributed by atoms with Crippen molar-refractivity contribution >= 4 is 23.1 Å². The van der Waals surface area contributed by atoms with Gasteiger partial charge in [-0.1, -0.05) is 0 Å². The Bertz CT molecular complexity index is 1260. The monoisotopic (exact) mass is 444 g/mol. The van der Waals surface area contributed by atoms with Crippen molar-refractivity contribution in [3.63, 3.8) is 0 Å². The van der Waals surface area contributed by atoms with Crippen molar-refractivity contribution in [2.75, 3.05) is 24.9 Å². The number of rotatable bonds is 7. The fraction of sp³-hybridized carbons (Fsp3) is 0.0800. The predicted octanol–water partition coefficient (Wildman–Crippen LogP) is 5.30. The molecule has 1 heterocycles. The molecule has 0 aliphatic heterocycles. The summed E-state index contributed by atoms with van der Waals surface area (Å²) in [5, 5.41) is 6.02. The van der Waals surface area contributed by atoms with E-state index in [9.17, 15) is 9.18 Å². The van der Waals surface area contributed by atoms with E-state index in [2.05, 4.69) is 20.6 Å². The number of carbonyl (C=O) groups is 1. The highest BCUT2D eigenvalue weighted by molar-refractivity contribution is 6.05. The number of nitrogens with one attached hydrogen (secondary N) is 2. The van der Waals surface area contributed by atoms with E-state index in [1.807, 2.05) is 0 Å². The second-order valence-corrected chi connectivity index (χ2v) is 7.02. The van der Waals surface area contributed by atoms with Gasteiger partial charge in [-0.2, -0.15) is 0 Å². The maximum atomic E-state index is 13.2. The highest BCUT2D eigenvalue weighted by Crippen LogP contribution is 2.29. The van der Waals surface area contributed by atoms with Gasteiger partial charge in [-0.25, -0.2) is 14.4 Å². The molecule has 0 saturated carbocycles. The molecule has 0 bridgehead atoms. The molecule has 4 aromatic rings. The summed E-state index contributed by atoms with van der Waals surface area (Å²) in [5.74, 6) is 1.13. The minimum Gasteiger partial charge on any atom is -0.497 e. The van der Waals surface area contributed by atoms with Gasteiger partial charge in [0.2, 0.25) is 0 Å². The molecular weight excluding hydrogens is 423 g/mol. The van der Waals surface area contributed by atoms with E-state index in [-0.39, 0.29) is 11.7 Å². The third-order valence-electron chi connectivity index (χ3n) is 4.88. The van der Waals surface area contributed by atoms with Crippen molar-refractivity contribution < 1.29 is 18.7 Å². The van der Waals surface area contributed by atoms with Crippen LogP contribution in [-0.4, -0.2) is 30.1 Å². The summed E-state index contributed by atoms with van der Waals surface area (Å²) in [6.45, 7) is 0. The average molecular weight is 444 g/mol. The van der Waals surface area contributed by atoms with Crippen LogP contribution >= 0.6 is 0 Å². The fourth-order valence-electron chi connectivity index (χ4n) is 3.15. The van der Waals surface area contributed by atoms with E-state index in [1.165, 1.54) is 25.6 Å². The molecule has 4 rings (SSSR count). The lowest BCUT2D eigenvalue weighted by Crippen LogP contribution is -2.12. The Balaban J connectivity index is 1.45. The normalized spacial score (nSPS) is 10.4. The van der Waals surface area contributed by atoms with E-state index in [0.29, 0.717) is 34.3 Å². The number of aromatic nitrogens is 2. The number of nitrogens with zero attached hydrogens (tertiary/aromatic N) is 2. The van der Waals surface area contributed by atoms with Gasteiger partial charge in [0.15, 0.2) is 0 Å². The Morgan fingerprint density at radius 1 is 0.879 bits per heavy atom. The first-order valence-corrected chi connectivity index (χ1v) is 10.0. The number of hydrogen-bond donors (Lipinski definition) is 2. The van der Waals surface area contributed by atoms with Gasteiger partial charge in [-0.15, -0.1) is 0 Å². The Kier molecular flexibility index (Phi) is 6.45. The summed E-state index contributed by atoms with van der Waals surface area (Å²) >= 11 is 0. The van der Waals surface area contributed by atoms with E-state index >= 15 is 0 Å². The Labute approximate surface area is 190 Å². The summed E-state index contributed by atoms with van der Waals surface area (Å²) in [7, 11) is 3.09. The zero-order chi connectivity index (χ0) is 23.2. The first kappa shape index (κ1) is 21.8. The van der Waals surface area contributed by atoms with Gasteiger partial charge >= 0.3 is 0 Å². The lowest BCUT2D eigenvalue weighted by Gasteiger charge is -2.12. The zero-order valence-corrected chi connectivity index (χ0v) is 18.0. The van der Waals surface area contributed by atoms with Crippen LogP contribution in [0.15, 0.2) is 79.1 Å². The van der Waals surface area contributed by atoms with Gasteiger partial charge in [0.1, 0.15) is 29.5 Å². The highest BCUT2D eigenvalue weighted by Gasteiger charge is 2.11. The molecule has 1 aromatic heterocycles. The molecule has 0 aliphatic rings. The van der Waals surface area contributed by atoms with Crippen LogP contribution in [0.2, 0.25) is 0 Å². The lowest BCUT2D eigenvalue weighted by molar-refractivity contribution is 0.102. The molecular formula is C25H21FN4O3. The van der Waals surface area contributed by atoms with Gasteiger partial charge in [0, 0.05) is 28.9 Å². The quantitative estimate of drug-likeness (QED) is 0.403. The van der Waals surface area contributed by atoms with Crippen LogP contribution in [0, 0.1) is 5.82 Å². The maximum absolute atomic E-state index is 13.2. The van der Waals surface area contributed by atoms with E-state index in [0.717, 1.165) is 11.3 Å². The maximum Gasteiger partial charge on any atom is 0.255 e. The first-order chi connectivity index (χ1) is 16.1. The predicted molar refractivity (Wildman–Crippen MR) is 125 cm³/mol. The van der Waals surface area contributed by atoms with Crippen LogP contribution in [0.25, 0.3) is 11.3 Å². The van der Waals surface area contributed by atoms with Crippen molar-refractivity contribution in [2.24, 2.45) is 0 Å². The molecule has 0 aliphatic carbocycles. The molecule has 0 fully saturated rings. The third-order valence-corrected chi connectivity index (χ3v) is 4.88. The van der Waals surface area contributed by atoms with Crippen LogP contribution in [0.3, 0.4) is 0 Å². The Hall–Kier alpha value is -4.46. The van der Waals surface area contributed by atoms with Crippen LogP contribution in [0.1, 0.15) is 10.4 Å². The summed E-state index contributed by atoms with van der Waals surface area (Å²) in [6.07, 6.45) is 1.44. The average Bonchev–Trinajstić information content (AvgIpc) is 2.85. The largest absolute Gasteiger partial charge is 0.497 e. The van der Waals surface area contributed by atoms with Gasteiger partial charge in [0.25, 0.3) is 5.91 Å². The molecule has 0 atom stereocenters. The van der Waals surface area contributed by atoms with Crippen LogP contribution in [0.5, 0.6) is 11.5 Å². The van der Waals surface area contributed by atoms with Crippen LogP contribution in [-0.2, 0) is 0 Å². The summed E-state index contributed by atoms with van der Waals surface area (Å²) in [6, 6.07) is 20.0. The molecule has 2 N–H and O–H groups in total. The molecule has 166 valence electrons. The van der Waals surface area contributed by atoms with E-state index in [4.69, 9.17) is 9.47 Å². The summed E-state index contributed by atoms with van der Waals surface area (Å²) in [4.78, 5) is 21.1. The number of anilines is 3. The molecule has 0 spiro atoms. The second-order valence-electron chi connectivity index (χ2n) is 7.02. The van der Waals surface area contributed by atoms with Crippen LogP contribution in [0.4, 0.5) is 21.6 Å². The summed E-state index contributed by atoms with van der Waals surface area (Å²) in [5.41, 5.74) is 3.21. The molecule has 8 heteroatoms. The highest BCUT2D eigenvalue weighted by atomic mass is 19.1. The standard InChI is InChI=1S/C25H21FN4O3/c1-32-20-11-12-21(23(13-20)33-2)30-25(31)17-5-9-19(10-6-17)29-24-14-22(27-15-28-24)16-3-7-18(26)8-4-16/h3-15H,1-2H3,(H,30,31)(H,27,28,29). The third kappa shape index (κ3) is 5.24. The zero-order valence-electron chi connectivity index (χ0n) is 18.0. The SMILES string of the molecule is COc1ccc(NC(=O)c2ccc(Nc3cc(-c4ccc(F)cc4)ncn3)cc2)c(OC)c1. The van der Waals surface area contributed by atoms with Gasteiger partial charge in [0.05, 0.1) is 25.6 Å². The number of carbonyl (C=O) groups excluding carboxylic acids is 1. The van der Waals surface area contributed by atoms with Crippen LogP contribution < -0.4 is 20.1 Å². The van der Waals surface area contributed by atoms with Crippen molar-refractivity contribution in [1.29, 1.82) is 0 Å². The Morgan fingerprint density at radius 2 is 1.64 bits per heavy atom. The second kappa shape index (κ2) is 9.78. The van der Waals surface area contributed by atoms with E-state index < -0.39 is 0 Å². The van der Waals surface area contributed by atoms with Crippen molar-refractivity contribution in [3.8, 4) is 22.8 Å². The number of ether oxygens (including phenoxy) is 2. The molecule has 7 nitrogen and oxygen atoms in total. The molecule has 0 saturated heterocycles. The molecule has 33 heavy (non-hydrogen) atoms. The number of halogens is 1. The minimum atomic E-state index is -0.305. The number of amides is 1. The summed E-state index contributed by atoms with van der Waals surface area (Å²) < 4.78 is 23.7. The number of methoxy groups -OCH3 is 2. The Morgan fingerprint density at radius 3 is 2.33 bits per heavy atom. The molecule has 0 radical (unpaired) electrons. The smallest absolute Gasteiger partial charge is 0.255 e. The van der Waals surface area contributed by atoms with Crippen molar-refractivity contribution in [3.05, 3.63) is 90.5 Å². The molecule has 0 unspecified atom stereocenters. The van der Waals surface area contributed by atoms with Crippen molar-refractivity contribution in [2.45, 2.75) is 0 Å². The first-order valence-electron chi connectivity index (χ1n) is 10.0. The van der Waals surface area contributed by atoms with E-state index in [1.54, 1.807) is 67.8 Å². The van der Waals surface area contributed by atoms with Gasteiger partial charge in [-0.3, -0.25) is 4.79 Å². The minimum absolute atomic E-state index is 0.273.